The molecule has 2 aromatic carbocycles. The second-order valence-corrected chi connectivity index (χ2v) is 6.98. The van der Waals surface area contributed by atoms with E-state index in [-0.39, 0.29) is 0 Å². The normalized spacial score (nSPS) is 12.2. The molecule has 0 bridgehead atoms. The predicted octanol–water partition coefficient (Wildman–Crippen LogP) is 5.85. The van der Waals surface area contributed by atoms with Gasteiger partial charge in [0.1, 0.15) is 5.75 Å². The zero-order valence-corrected chi connectivity index (χ0v) is 16.1. The van der Waals surface area contributed by atoms with E-state index in [4.69, 9.17) is 4.74 Å². The topological polar surface area (TPSA) is 21.3 Å². The largest absolute Gasteiger partial charge is 0.495 e. The van der Waals surface area contributed by atoms with Crippen molar-refractivity contribution in [3.8, 4) is 5.75 Å². The first-order valence-electron chi connectivity index (χ1n) is 7.46. The van der Waals surface area contributed by atoms with Crippen LogP contribution < -0.4 is 10.1 Å². The van der Waals surface area contributed by atoms with Crippen molar-refractivity contribution in [1.82, 2.24) is 5.32 Å². The molecule has 2 rings (SSSR count). The van der Waals surface area contributed by atoms with Gasteiger partial charge in [-0.2, -0.15) is 0 Å². The number of ether oxygens (including phenoxy) is 1. The van der Waals surface area contributed by atoms with Crippen LogP contribution in [0.2, 0.25) is 0 Å². The van der Waals surface area contributed by atoms with Gasteiger partial charge in [-0.05, 0) is 40.0 Å². The first kappa shape index (κ1) is 17.5. The van der Waals surface area contributed by atoms with E-state index in [2.05, 4.69) is 80.5 Å². The fourth-order valence-corrected chi connectivity index (χ4v) is 4.04. The zero-order chi connectivity index (χ0) is 15.9. The third kappa shape index (κ3) is 4.58. The number of rotatable bonds is 7. The summed E-state index contributed by atoms with van der Waals surface area (Å²) >= 11 is 7.10. The van der Waals surface area contributed by atoms with Crippen LogP contribution in [0.3, 0.4) is 0 Å². The molecule has 0 spiro atoms. The Morgan fingerprint density at radius 1 is 1.14 bits per heavy atom. The molecule has 0 amide bonds. The van der Waals surface area contributed by atoms with Gasteiger partial charge >= 0.3 is 0 Å². The van der Waals surface area contributed by atoms with Crippen LogP contribution in [0.15, 0.2) is 51.4 Å². The second-order valence-electron chi connectivity index (χ2n) is 5.21. The van der Waals surface area contributed by atoms with Crippen molar-refractivity contribution in [2.75, 3.05) is 7.11 Å². The van der Waals surface area contributed by atoms with E-state index in [9.17, 15) is 0 Å². The van der Waals surface area contributed by atoms with Crippen molar-refractivity contribution in [3.05, 3.63) is 62.5 Å². The van der Waals surface area contributed by atoms with Gasteiger partial charge in [0.05, 0.1) is 11.6 Å². The number of methoxy groups -OCH3 is 1. The Morgan fingerprint density at radius 2 is 1.86 bits per heavy atom. The predicted molar refractivity (Wildman–Crippen MR) is 99.3 cm³/mol. The van der Waals surface area contributed by atoms with Gasteiger partial charge in [0, 0.05) is 22.6 Å². The third-order valence-corrected chi connectivity index (χ3v) is 4.65. The van der Waals surface area contributed by atoms with E-state index in [1.807, 2.05) is 6.07 Å². The summed E-state index contributed by atoms with van der Waals surface area (Å²) in [5.74, 6) is 0.888. The molecule has 0 radical (unpaired) electrons. The van der Waals surface area contributed by atoms with Crippen molar-refractivity contribution in [2.24, 2.45) is 0 Å². The van der Waals surface area contributed by atoms with Gasteiger partial charge in [0.2, 0.25) is 0 Å². The molecule has 22 heavy (non-hydrogen) atoms. The molecule has 2 aromatic rings. The maximum absolute atomic E-state index is 5.52. The van der Waals surface area contributed by atoms with Gasteiger partial charge in [-0.3, -0.25) is 0 Å². The number of benzene rings is 2. The molecule has 0 saturated carbocycles. The molecule has 0 aliphatic rings. The van der Waals surface area contributed by atoms with Gasteiger partial charge in [-0.25, -0.2) is 0 Å². The molecule has 0 fully saturated rings. The van der Waals surface area contributed by atoms with Crippen LogP contribution in [0.4, 0.5) is 0 Å². The lowest BCUT2D eigenvalue weighted by molar-refractivity contribution is 0.401. The minimum Gasteiger partial charge on any atom is -0.495 e. The summed E-state index contributed by atoms with van der Waals surface area (Å²) < 4.78 is 7.53. The molecule has 0 saturated heterocycles. The van der Waals surface area contributed by atoms with E-state index < -0.39 is 0 Å². The Hall–Kier alpha value is -0.840. The van der Waals surface area contributed by atoms with E-state index in [1.165, 1.54) is 5.56 Å². The van der Waals surface area contributed by atoms with Gasteiger partial charge in [0.15, 0.2) is 0 Å². The molecule has 4 heteroatoms. The van der Waals surface area contributed by atoms with Crippen LogP contribution in [0.5, 0.6) is 5.75 Å². The summed E-state index contributed by atoms with van der Waals surface area (Å²) in [5.41, 5.74) is 2.47. The smallest absolute Gasteiger partial charge is 0.137 e. The van der Waals surface area contributed by atoms with Crippen molar-refractivity contribution < 1.29 is 4.74 Å². The SMILES string of the molecule is CCCC(NCc1cc(Br)cc(Br)c1OC)c1ccccc1. The molecule has 0 aliphatic carbocycles. The van der Waals surface area contributed by atoms with Crippen LogP contribution in [0.1, 0.15) is 36.9 Å². The van der Waals surface area contributed by atoms with E-state index in [0.29, 0.717) is 6.04 Å². The third-order valence-electron chi connectivity index (χ3n) is 3.61. The lowest BCUT2D eigenvalue weighted by Gasteiger charge is -2.20. The Labute approximate surface area is 149 Å². The monoisotopic (exact) mass is 425 g/mol. The molecule has 1 unspecified atom stereocenters. The van der Waals surface area contributed by atoms with Gasteiger partial charge in [-0.15, -0.1) is 0 Å². The van der Waals surface area contributed by atoms with Crippen LogP contribution >= 0.6 is 31.9 Å². The Kier molecular flexibility index (Phi) is 6.93. The highest BCUT2D eigenvalue weighted by Crippen LogP contribution is 2.33. The highest BCUT2D eigenvalue weighted by Gasteiger charge is 2.13. The first-order valence-corrected chi connectivity index (χ1v) is 9.04. The molecule has 2 nitrogen and oxygen atoms in total. The van der Waals surface area contributed by atoms with E-state index in [1.54, 1.807) is 7.11 Å². The Balaban J connectivity index is 2.16. The maximum Gasteiger partial charge on any atom is 0.137 e. The number of nitrogens with one attached hydrogen (secondary N) is 1. The summed E-state index contributed by atoms with van der Waals surface area (Å²) in [7, 11) is 1.71. The highest BCUT2D eigenvalue weighted by atomic mass is 79.9. The van der Waals surface area contributed by atoms with Crippen molar-refractivity contribution in [2.45, 2.75) is 32.4 Å². The summed E-state index contributed by atoms with van der Waals surface area (Å²) in [4.78, 5) is 0. The maximum atomic E-state index is 5.52. The fourth-order valence-electron chi connectivity index (χ4n) is 2.57. The molecule has 118 valence electrons. The summed E-state index contributed by atoms with van der Waals surface area (Å²) in [5, 5.41) is 3.66. The molecule has 0 heterocycles. The summed E-state index contributed by atoms with van der Waals surface area (Å²) in [6.45, 7) is 2.98. The summed E-state index contributed by atoms with van der Waals surface area (Å²) in [6.07, 6.45) is 2.26. The quantitative estimate of drug-likeness (QED) is 0.599. The van der Waals surface area contributed by atoms with Gasteiger partial charge in [-0.1, -0.05) is 59.6 Å². The number of hydrogen-bond acceptors (Lipinski definition) is 2. The van der Waals surface area contributed by atoms with Crippen LogP contribution in [0, 0.1) is 0 Å². The van der Waals surface area contributed by atoms with E-state index in [0.717, 1.165) is 39.6 Å². The lowest BCUT2D eigenvalue weighted by atomic mass is 10.0. The number of hydrogen-bond donors (Lipinski definition) is 1. The van der Waals surface area contributed by atoms with Gasteiger partial charge in [0.25, 0.3) is 0 Å². The fraction of sp³-hybridized carbons (Fsp3) is 0.333. The molecule has 0 aromatic heterocycles. The summed E-state index contributed by atoms with van der Waals surface area (Å²) in [6, 6.07) is 15.1. The second kappa shape index (κ2) is 8.70. The Morgan fingerprint density at radius 3 is 2.50 bits per heavy atom. The lowest BCUT2D eigenvalue weighted by Crippen LogP contribution is -2.21. The first-order chi connectivity index (χ1) is 10.7. The molecule has 0 aliphatic heterocycles. The van der Waals surface area contributed by atoms with Gasteiger partial charge < -0.3 is 10.1 Å². The minimum absolute atomic E-state index is 0.355. The molecular weight excluding hydrogens is 406 g/mol. The molecular formula is C18H21Br2NO. The van der Waals surface area contributed by atoms with Crippen LogP contribution in [-0.4, -0.2) is 7.11 Å². The van der Waals surface area contributed by atoms with Crippen LogP contribution in [-0.2, 0) is 6.54 Å². The van der Waals surface area contributed by atoms with Crippen LogP contribution in [0.25, 0.3) is 0 Å². The minimum atomic E-state index is 0.355. The average molecular weight is 427 g/mol. The Bertz CT molecular complexity index is 602. The van der Waals surface area contributed by atoms with Crippen molar-refractivity contribution in [3.63, 3.8) is 0 Å². The standard InChI is InChI=1S/C18H21Br2NO/c1-3-7-17(13-8-5-4-6-9-13)21-12-14-10-15(19)11-16(20)18(14)22-2/h4-6,8-11,17,21H,3,7,12H2,1-2H3. The molecule has 1 N–H and O–H groups in total. The number of halogens is 2. The van der Waals surface area contributed by atoms with E-state index >= 15 is 0 Å². The zero-order valence-electron chi connectivity index (χ0n) is 12.9. The molecule has 1 atom stereocenters. The van der Waals surface area contributed by atoms with Crippen molar-refractivity contribution in [1.29, 1.82) is 0 Å². The average Bonchev–Trinajstić information content (AvgIpc) is 2.52. The van der Waals surface area contributed by atoms with Crippen molar-refractivity contribution >= 4 is 31.9 Å². The highest BCUT2D eigenvalue weighted by molar-refractivity contribution is 9.11.